The van der Waals surface area contributed by atoms with Crippen molar-refractivity contribution >= 4 is 31.6 Å². The smallest absolute Gasteiger partial charge is 0.267 e. The molecule has 1 aromatic heterocycles. The van der Waals surface area contributed by atoms with Crippen LogP contribution in [0.3, 0.4) is 0 Å². The second-order valence-electron chi connectivity index (χ2n) is 10.2. The molecule has 0 unspecified atom stereocenters. The van der Waals surface area contributed by atoms with Crippen molar-refractivity contribution in [2.75, 3.05) is 31.5 Å². The van der Waals surface area contributed by atoms with Gasteiger partial charge < -0.3 is 19.3 Å². The van der Waals surface area contributed by atoms with Gasteiger partial charge in [-0.2, -0.15) is 4.31 Å². The first kappa shape index (κ1) is 30.5. The lowest BCUT2D eigenvalue weighted by atomic mass is 9.99. The summed E-state index contributed by atoms with van der Waals surface area (Å²) in [6.45, 7) is 6.37. The zero-order chi connectivity index (χ0) is 30.1. The Labute approximate surface area is 240 Å². The van der Waals surface area contributed by atoms with Gasteiger partial charge in [0, 0.05) is 25.2 Å². The number of benzene rings is 2. The van der Waals surface area contributed by atoms with Crippen molar-refractivity contribution in [3.05, 3.63) is 65.5 Å². The minimum Gasteiger partial charge on any atom is -0.488 e. The summed E-state index contributed by atoms with van der Waals surface area (Å²) in [5.41, 5.74) is 0.357. The first-order valence-electron chi connectivity index (χ1n) is 13.0. The molecule has 0 radical (unpaired) electrons. The van der Waals surface area contributed by atoms with E-state index in [1.54, 1.807) is 25.1 Å². The van der Waals surface area contributed by atoms with Crippen LogP contribution in [0.4, 0.5) is 5.69 Å². The number of rotatable bonds is 9. The van der Waals surface area contributed by atoms with E-state index >= 15 is 0 Å². The lowest BCUT2D eigenvalue weighted by Crippen LogP contribution is -2.50. The highest BCUT2D eigenvalue weighted by Crippen LogP contribution is 2.32. The Kier molecular flexibility index (Phi) is 8.78. The summed E-state index contributed by atoms with van der Waals surface area (Å²) < 4.78 is 67.5. The summed E-state index contributed by atoms with van der Waals surface area (Å²) in [6, 6.07) is 11.8. The maximum absolute atomic E-state index is 13.7. The van der Waals surface area contributed by atoms with Crippen LogP contribution < -0.4 is 9.46 Å². The summed E-state index contributed by atoms with van der Waals surface area (Å²) in [5.74, 6) is -0.509. The Morgan fingerprint density at radius 3 is 2.44 bits per heavy atom. The zero-order valence-electron chi connectivity index (χ0n) is 23.4. The van der Waals surface area contributed by atoms with Gasteiger partial charge in [-0.15, -0.1) is 0 Å². The van der Waals surface area contributed by atoms with Crippen LogP contribution in [0.1, 0.15) is 35.7 Å². The quantitative estimate of drug-likeness (QED) is 0.373. The number of carbonyl (C=O) groups is 1. The molecule has 1 aliphatic rings. The number of sulfonamides is 2. The molecule has 1 aliphatic heterocycles. The van der Waals surface area contributed by atoms with Crippen LogP contribution in [0.2, 0.25) is 0 Å². The number of aromatic nitrogens is 1. The van der Waals surface area contributed by atoms with Gasteiger partial charge in [0.25, 0.3) is 15.9 Å². The molecular formula is C27H34N4O8S2. The second-order valence-corrected chi connectivity index (χ2v) is 13.9. The Morgan fingerprint density at radius 2 is 1.83 bits per heavy atom. The van der Waals surface area contributed by atoms with Gasteiger partial charge in [-0.3, -0.25) is 9.52 Å². The zero-order valence-corrected chi connectivity index (χ0v) is 25.1. The number of carbonyl (C=O) groups excluding carboxylic acids is 1. The van der Waals surface area contributed by atoms with Gasteiger partial charge in [0.15, 0.2) is 10.7 Å². The lowest BCUT2D eigenvalue weighted by molar-refractivity contribution is 0.0387. The standard InChI is InChI=1S/C27H34N4O8S2/c1-17-14-31(18(2)16-32)27(33)23-13-21(29-40(34,35)26-19(3)28-39-20(26)4)11-12-24(23)38-25(17)15-30(5)41(36,37)22-9-7-6-8-10-22/h6-13,17-18,25,29,32H,14-16H2,1-5H3/t17-,18+,25+/m1/s1. The number of hydrogen-bond donors (Lipinski definition) is 2. The van der Waals surface area contributed by atoms with Crippen molar-refractivity contribution < 1.29 is 36.0 Å². The minimum absolute atomic E-state index is 0.0200. The van der Waals surface area contributed by atoms with Crippen LogP contribution in [-0.4, -0.2) is 81.1 Å². The summed E-state index contributed by atoms with van der Waals surface area (Å²) in [7, 11) is -6.45. The Balaban J connectivity index is 1.70. The minimum atomic E-state index is -4.09. The third-order valence-corrected chi connectivity index (χ3v) is 10.5. The molecule has 2 aromatic carbocycles. The van der Waals surface area contributed by atoms with Gasteiger partial charge in [-0.05, 0) is 51.1 Å². The van der Waals surface area contributed by atoms with Gasteiger partial charge in [0.05, 0.1) is 29.7 Å². The molecule has 1 amide bonds. The number of hydrogen-bond acceptors (Lipinski definition) is 9. The van der Waals surface area contributed by atoms with Crippen molar-refractivity contribution in [2.24, 2.45) is 5.92 Å². The van der Waals surface area contributed by atoms with Gasteiger partial charge in [0.2, 0.25) is 10.0 Å². The molecule has 2 heterocycles. The van der Waals surface area contributed by atoms with E-state index in [0.717, 1.165) is 0 Å². The largest absolute Gasteiger partial charge is 0.488 e. The molecule has 0 spiro atoms. The third-order valence-electron chi connectivity index (χ3n) is 7.04. The highest BCUT2D eigenvalue weighted by Gasteiger charge is 2.35. The van der Waals surface area contributed by atoms with E-state index in [2.05, 4.69) is 9.88 Å². The molecule has 0 bridgehead atoms. The molecule has 0 saturated carbocycles. The highest BCUT2D eigenvalue weighted by molar-refractivity contribution is 7.92. The van der Waals surface area contributed by atoms with Crippen LogP contribution in [0.15, 0.2) is 62.8 Å². The molecule has 222 valence electrons. The van der Waals surface area contributed by atoms with Gasteiger partial charge >= 0.3 is 0 Å². The number of aliphatic hydroxyl groups excluding tert-OH is 1. The Morgan fingerprint density at radius 1 is 1.15 bits per heavy atom. The van der Waals surface area contributed by atoms with Gasteiger partial charge in [0.1, 0.15) is 17.5 Å². The first-order chi connectivity index (χ1) is 19.3. The maximum atomic E-state index is 13.7. The molecule has 0 fully saturated rings. The lowest BCUT2D eigenvalue weighted by Gasteiger charge is -2.38. The first-order valence-corrected chi connectivity index (χ1v) is 15.9. The molecule has 3 aromatic rings. The number of ether oxygens (including phenoxy) is 1. The number of likely N-dealkylation sites (N-methyl/N-ethyl adjacent to an activating group) is 1. The molecule has 14 heteroatoms. The van der Waals surface area contributed by atoms with E-state index in [0.29, 0.717) is 0 Å². The fraction of sp³-hybridized carbons (Fsp3) is 0.407. The molecule has 0 aliphatic carbocycles. The van der Waals surface area contributed by atoms with E-state index in [1.165, 1.54) is 60.4 Å². The van der Waals surface area contributed by atoms with Crippen molar-refractivity contribution in [2.45, 2.75) is 49.6 Å². The van der Waals surface area contributed by atoms with Gasteiger partial charge in [-0.1, -0.05) is 30.3 Å². The normalized spacial score (nSPS) is 18.8. The predicted octanol–water partition coefficient (Wildman–Crippen LogP) is 2.63. The van der Waals surface area contributed by atoms with E-state index in [1.807, 2.05) is 6.92 Å². The molecule has 3 atom stereocenters. The van der Waals surface area contributed by atoms with E-state index < -0.39 is 38.1 Å². The number of aliphatic hydroxyl groups is 1. The van der Waals surface area contributed by atoms with Crippen LogP contribution >= 0.6 is 0 Å². The van der Waals surface area contributed by atoms with E-state index in [-0.39, 0.29) is 63.9 Å². The molecule has 41 heavy (non-hydrogen) atoms. The predicted molar refractivity (Wildman–Crippen MR) is 151 cm³/mol. The Bertz CT molecular complexity index is 1600. The average Bonchev–Trinajstić information content (AvgIpc) is 3.29. The number of aryl methyl sites for hydroxylation is 2. The van der Waals surface area contributed by atoms with Crippen LogP contribution in [0.25, 0.3) is 0 Å². The number of nitrogens with zero attached hydrogens (tertiary/aromatic N) is 3. The Hall–Kier alpha value is -3.46. The van der Waals surface area contributed by atoms with Gasteiger partial charge in [-0.25, -0.2) is 16.8 Å². The van der Waals surface area contributed by atoms with Crippen LogP contribution in [0, 0.1) is 19.8 Å². The monoisotopic (exact) mass is 606 g/mol. The van der Waals surface area contributed by atoms with Crippen molar-refractivity contribution in [1.29, 1.82) is 0 Å². The van der Waals surface area contributed by atoms with Crippen molar-refractivity contribution in [1.82, 2.24) is 14.4 Å². The van der Waals surface area contributed by atoms with Crippen molar-refractivity contribution in [3.8, 4) is 5.75 Å². The molecular weight excluding hydrogens is 572 g/mol. The molecule has 12 nitrogen and oxygen atoms in total. The van der Waals surface area contributed by atoms with E-state index in [9.17, 15) is 26.7 Å². The second kappa shape index (κ2) is 11.8. The van der Waals surface area contributed by atoms with Crippen LogP contribution in [0.5, 0.6) is 5.75 Å². The maximum Gasteiger partial charge on any atom is 0.267 e. The fourth-order valence-corrected chi connectivity index (χ4v) is 7.28. The summed E-state index contributed by atoms with van der Waals surface area (Å²) in [6.07, 6.45) is -0.677. The molecule has 2 N–H and O–H groups in total. The third kappa shape index (κ3) is 6.25. The highest BCUT2D eigenvalue weighted by atomic mass is 32.2. The topological polar surface area (TPSA) is 159 Å². The number of fused-ring (bicyclic) bond motifs is 1. The number of anilines is 1. The number of nitrogens with one attached hydrogen (secondary N) is 1. The summed E-state index contributed by atoms with van der Waals surface area (Å²) in [5, 5.41) is 13.6. The molecule has 0 saturated heterocycles. The summed E-state index contributed by atoms with van der Waals surface area (Å²) >= 11 is 0. The molecule has 4 rings (SSSR count). The van der Waals surface area contributed by atoms with Crippen molar-refractivity contribution in [3.63, 3.8) is 0 Å². The number of amides is 1. The average molecular weight is 607 g/mol. The summed E-state index contributed by atoms with van der Waals surface area (Å²) in [4.78, 5) is 15.2. The van der Waals surface area contributed by atoms with Crippen LogP contribution in [-0.2, 0) is 20.0 Å². The fourth-order valence-electron chi connectivity index (χ4n) is 4.69. The SMILES string of the molecule is Cc1noc(C)c1S(=O)(=O)Nc1ccc2c(c1)C(=O)N([C@@H](C)CO)C[C@@H](C)[C@H](CN(C)S(=O)(=O)c1ccccc1)O2. The van der Waals surface area contributed by atoms with E-state index in [4.69, 9.17) is 9.26 Å².